The number of nitro benzene ring substituents is 1. The third-order valence-corrected chi connectivity index (χ3v) is 6.68. The van der Waals surface area contributed by atoms with Crippen LogP contribution in [0.2, 0.25) is 0 Å². The quantitative estimate of drug-likeness (QED) is 0.180. The van der Waals surface area contributed by atoms with Crippen molar-refractivity contribution in [2.75, 3.05) is 39.4 Å². The number of ketones is 1. The number of amides is 1. The number of non-ortho nitro benzene ring substituents is 1. The summed E-state index contributed by atoms with van der Waals surface area (Å²) in [6, 6.07) is 9.34. The molecule has 0 aromatic heterocycles. The van der Waals surface area contributed by atoms with Gasteiger partial charge in [0.2, 0.25) is 5.78 Å². The molecule has 0 radical (unpaired) electrons. The Bertz CT molecular complexity index is 1190. The molecule has 1 saturated heterocycles. The molecular formula is C26H29N3O7. The molecule has 1 atom stereocenters. The van der Waals surface area contributed by atoms with Gasteiger partial charge in [-0.1, -0.05) is 11.8 Å². The van der Waals surface area contributed by atoms with Gasteiger partial charge < -0.3 is 24.4 Å². The van der Waals surface area contributed by atoms with E-state index in [0.29, 0.717) is 36.7 Å². The summed E-state index contributed by atoms with van der Waals surface area (Å²) >= 11 is 0. The summed E-state index contributed by atoms with van der Waals surface area (Å²) in [5.74, 6) is -1.27. The number of fused-ring (bicyclic) bond motifs is 1. The van der Waals surface area contributed by atoms with E-state index in [1.807, 2.05) is 0 Å². The molecule has 4 rings (SSSR count). The van der Waals surface area contributed by atoms with Crippen LogP contribution in [0.5, 0.6) is 11.5 Å². The van der Waals surface area contributed by atoms with E-state index in [1.165, 1.54) is 40.1 Å². The molecule has 0 spiro atoms. The van der Waals surface area contributed by atoms with Crippen molar-refractivity contribution in [1.29, 1.82) is 0 Å². The van der Waals surface area contributed by atoms with E-state index in [9.17, 15) is 24.8 Å². The average Bonchev–Trinajstić information content (AvgIpc) is 3.15. The van der Waals surface area contributed by atoms with Gasteiger partial charge in [0.25, 0.3) is 11.6 Å². The molecule has 2 aliphatic rings. The third-order valence-electron chi connectivity index (χ3n) is 6.68. The number of rotatable bonds is 9. The molecule has 2 aromatic rings. The minimum absolute atomic E-state index is 0.120. The van der Waals surface area contributed by atoms with Gasteiger partial charge in [-0.15, -0.1) is 0 Å². The van der Waals surface area contributed by atoms with Crippen molar-refractivity contribution in [2.45, 2.75) is 26.3 Å². The Balaban J connectivity index is 1.74. The highest BCUT2D eigenvalue weighted by Crippen LogP contribution is 2.40. The van der Waals surface area contributed by atoms with Crippen molar-refractivity contribution >= 4 is 23.1 Å². The number of Topliss-reactive ketones (excluding diaryl/α,β-unsaturated/α-hetero) is 1. The number of nitrogens with one attached hydrogen (secondary N) is 1. The third kappa shape index (κ3) is 4.90. The molecule has 0 saturated carbocycles. The first-order valence-electron chi connectivity index (χ1n) is 12.1. The zero-order valence-corrected chi connectivity index (χ0v) is 20.3. The summed E-state index contributed by atoms with van der Waals surface area (Å²) in [4.78, 5) is 39.7. The molecule has 0 aliphatic carbocycles. The monoisotopic (exact) mass is 495 g/mol. The first-order chi connectivity index (χ1) is 17.3. The minimum Gasteiger partial charge on any atom is -0.872 e. The summed E-state index contributed by atoms with van der Waals surface area (Å²) in [6.45, 7) is 7.88. The van der Waals surface area contributed by atoms with Gasteiger partial charge in [0.15, 0.2) is 11.5 Å². The van der Waals surface area contributed by atoms with Gasteiger partial charge >= 0.3 is 0 Å². The fourth-order valence-electron chi connectivity index (χ4n) is 4.67. The lowest BCUT2D eigenvalue weighted by atomic mass is 9.95. The molecule has 10 heteroatoms. The standard InChI is InChI=1S/C26H29N3O7/c1-3-27(4-2)12-5-13-28-23(17-6-9-19(10-7-17)29(33)34)22(25(31)26(28)32)24(30)18-8-11-20-21(16-18)36-15-14-35-20/h6-11,16,23,30H,3-5,12-15H2,1-2H3. The zero-order valence-electron chi connectivity index (χ0n) is 20.3. The number of benzene rings is 2. The molecule has 1 N–H and O–H groups in total. The highest BCUT2D eigenvalue weighted by Gasteiger charge is 2.44. The number of hydrogen-bond donors (Lipinski definition) is 1. The average molecular weight is 496 g/mol. The van der Waals surface area contributed by atoms with Crippen molar-refractivity contribution in [3.8, 4) is 11.5 Å². The molecule has 0 bridgehead atoms. The number of nitrogens with zero attached hydrogens (tertiary/aromatic N) is 2. The number of ether oxygens (including phenoxy) is 2. The smallest absolute Gasteiger partial charge is 0.295 e. The maximum absolute atomic E-state index is 13.6. The zero-order chi connectivity index (χ0) is 25.8. The predicted octanol–water partition coefficient (Wildman–Crippen LogP) is 0.905. The SMILES string of the molecule is CC[NH+](CC)CCCN1C(=O)C(=O)C(=C([O-])c2ccc3c(c2)OCCO3)C1c1ccc([N+](=O)[O-])cc1. The van der Waals surface area contributed by atoms with Gasteiger partial charge in [0.05, 0.1) is 30.6 Å². The summed E-state index contributed by atoms with van der Waals surface area (Å²) in [6.07, 6.45) is 0.644. The Morgan fingerprint density at radius 2 is 1.72 bits per heavy atom. The first kappa shape index (κ1) is 25.2. The molecule has 2 aromatic carbocycles. The van der Waals surface area contributed by atoms with Crippen LogP contribution < -0.4 is 19.5 Å². The topological polar surface area (TPSA) is 126 Å². The maximum Gasteiger partial charge on any atom is 0.295 e. The number of quaternary nitrogens is 1. The van der Waals surface area contributed by atoms with E-state index in [-0.39, 0.29) is 23.4 Å². The van der Waals surface area contributed by atoms with Crippen molar-refractivity contribution in [3.05, 3.63) is 69.3 Å². The maximum atomic E-state index is 13.6. The van der Waals surface area contributed by atoms with Gasteiger partial charge in [-0.05, 0) is 49.2 Å². The highest BCUT2D eigenvalue weighted by molar-refractivity contribution is 6.46. The van der Waals surface area contributed by atoms with Crippen molar-refractivity contribution in [1.82, 2.24) is 4.90 Å². The van der Waals surface area contributed by atoms with E-state index in [0.717, 1.165) is 19.6 Å². The van der Waals surface area contributed by atoms with Gasteiger partial charge in [-0.3, -0.25) is 19.7 Å². The van der Waals surface area contributed by atoms with Crippen LogP contribution in [0.4, 0.5) is 5.69 Å². The molecule has 2 aliphatic heterocycles. The summed E-state index contributed by atoms with van der Waals surface area (Å²) in [7, 11) is 0. The molecule has 2 heterocycles. The fourth-order valence-corrected chi connectivity index (χ4v) is 4.67. The Morgan fingerprint density at radius 3 is 2.36 bits per heavy atom. The van der Waals surface area contributed by atoms with Gasteiger partial charge in [0, 0.05) is 30.7 Å². The number of carbonyl (C=O) groups is 2. The summed E-state index contributed by atoms with van der Waals surface area (Å²) < 4.78 is 11.1. The van der Waals surface area contributed by atoms with Crippen LogP contribution in [0.15, 0.2) is 48.0 Å². The molecule has 1 fully saturated rings. The highest BCUT2D eigenvalue weighted by atomic mass is 16.6. The molecule has 1 unspecified atom stereocenters. The van der Waals surface area contributed by atoms with E-state index >= 15 is 0 Å². The van der Waals surface area contributed by atoms with Gasteiger partial charge in [-0.2, -0.15) is 0 Å². The number of carbonyl (C=O) groups excluding carboxylic acids is 2. The second kappa shape index (κ2) is 10.8. The molecule has 1 amide bonds. The summed E-state index contributed by atoms with van der Waals surface area (Å²) in [5, 5.41) is 24.8. The van der Waals surface area contributed by atoms with Crippen molar-refractivity contribution in [3.63, 3.8) is 0 Å². The largest absolute Gasteiger partial charge is 0.872 e. The Labute approximate surface area is 208 Å². The molecule has 36 heavy (non-hydrogen) atoms. The lowest BCUT2D eigenvalue weighted by Crippen LogP contribution is -3.11. The normalized spacial score (nSPS) is 18.6. The van der Waals surface area contributed by atoms with Gasteiger partial charge in [0.1, 0.15) is 13.2 Å². The van der Waals surface area contributed by atoms with Crippen LogP contribution in [0, 0.1) is 10.1 Å². The van der Waals surface area contributed by atoms with E-state index < -0.39 is 28.4 Å². The minimum atomic E-state index is -0.932. The Hall–Kier alpha value is -3.92. The van der Waals surface area contributed by atoms with E-state index in [1.54, 1.807) is 12.1 Å². The van der Waals surface area contributed by atoms with E-state index in [4.69, 9.17) is 9.47 Å². The van der Waals surface area contributed by atoms with Crippen LogP contribution in [0.3, 0.4) is 0 Å². The summed E-state index contributed by atoms with van der Waals surface area (Å²) in [5.41, 5.74) is 0.388. The lowest BCUT2D eigenvalue weighted by Gasteiger charge is -2.28. The van der Waals surface area contributed by atoms with E-state index in [2.05, 4.69) is 13.8 Å². The van der Waals surface area contributed by atoms with Gasteiger partial charge in [-0.25, -0.2) is 0 Å². The second-order valence-electron chi connectivity index (χ2n) is 8.74. The van der Waals surface area contributed by atoms with Crippen molar-refractivity contribution < 1.29 is 34.0 Å². The molecule has 10 nitrogen and oxygen atoms in total. The lowest BCUT2D eigenvalue weighted by molar-refractivity contribution is -0.896. The Morgan fingerprint density at radius 1 is 1.06 bits per heavy atom. The van der Waals surface area contributed by atoms with Crippen LogP contribution in [0.25, 0.3) is 5.76 Å². The number of hydrogen-bond acceptors (Lipinski definition) is 7. The number of likely N-dealkylation sites (tertiary alicyclic amines) is 1. The van der Waals surface area contributed by atoms with Crippen molar-refractivity contribution in [2.24, 2.45) is 0 Å². The fraction of sp³-hybridized carbons (Fsp3) is 0.385. The molecular weight excluding hydrogens is 466 g/mol. The number of nitro groups is 1. The first-order valence-corrected chi connectivity index (χ1v) is 12.1. The second-order valence-corrected chi connectivity index (χ2v) is 8.74. The van der Waals surface area contributed by atoms with Crippen LogP contribution in [-0.4, -0.2) is 60.9 Å². The van der Waals surface area contributed by atoms with Crippen LogP contribution in [0.1, 0.15) is 37.4 Å². The molecule has 190 valence electrons. The van der Waals surface area contributed by atoms with Crippen LogP contribution >= 0.6 is 0 Å². The predicted molar refractivity (Wildman–Crippen MR) is 128 cm³/mol. The van der Waals surface area contributed by atoms with Crippen LogP contribution in [-0.2, 0) is 9.59 Å². The Kier molecular flexibility index (Phi) is 7.54.